The van der Waals surface area contributed by atoms with Crippen molar-refractivity contribution in [1.82, 2.24) is 19.9 Å². The molecule has 3 N–H and O–H groups in total. The number of hydrogen-bond donors (Lipinski definition) is 2. The molecule has 0 saturated carbocycles. The third kappa shape index (κ3) is 3.71. The summed E-state index contributed by atoms with van der Waals surface area (Å²) in [6.45, 7) is 5.47. The summed E-state index contributed by atoms with van der Waals surface area (Å²) in [7, 11) is 1.98. The molecule has 0 radical (unpaired) electrons. The third-order valence-corrected chi connectivity index (χ3v) is 9.06. The van der Waals surface area contributed by atoms with Crippen LogP contribution >= 0.6 is 22.9 Å². The second-order valence-electron chi connectivity index (χ2n) is 9.98. The summed E-state index contributed by atoms with van der Waals surface area (Å²) in [5, 5.41) is 22.2. The van der Waals surface area contributed by atoms with E-state index in [2.05, 4.69) is 39.8 Å². The van der Waals surface area contributed by atoms with Gasteiger partial charge in [-0.2, -0.15) is 5.26 Å². The van der Waals surface area contributed by atoms with E-state index in [0.29, 0.717) is 50.1 Å². The molecule has 3 aromatic heterocycles. The Morgan fingerprint density at radius 2 is 2.05 bits per heavy atom. The molecule has 0 amide bonds. The number of pyridine rings is 1. The number of fused-ring (bicyclic) bond motifs is 4. The van der Waals surface area contributed by atoms with Crippen LogP contribution in [-0.2, 0) is 18.0 Å². The number of aromatic nitrogens is 3. The van der Waals surface area contributed by atoms with E-state index in [-0.39, 0.29) is 47.6 Å². The van der Waals surface area contributed by atoms with Gasteiger partial charge in [-0.25, -0.2) is 14.4 Å². The predicted molar refractivity (Wildman–Crippen MR) is 146 cm³/mol. The number of β-amino-alcohol motifs (C(OH)–C–C–N with tert-alkyl or cyclic N) is 1. The van der Waals surface area contributed by atoms with E-state index in [1.807, 2.05) is 11.9 Å². The molecule has 9 nitrogen and oxygen atoms in total. The van der Waals surface area contributed by atoms with Gasteiger partial charge in [0.1, 0.15) is 16.6 Å². The average molecular weight is 554 g/mol. The molecular formula is C26H25ClFN7O2S. The number of benzene rings is 1. The first-order valence-electron chi connectivity index (χ1n) is 12.2. The van der Waals surface area contributed by atoms with Gasteiger partial charge >= 0.3 is 0 Å². The molecule has 2 aliphatic rings. The van der Waals surface area contributed by atoms with E-state index >= 15 is 4.39 Å². The monoisotopic (exact) mass is 553 g/mol. The molecule has 1 saturated heterocycles. The van der Waals surface area contributed by atoms with Gasteiger partial charge in [0, 0.05) is 47.9 Å². The number of anilines is 2. The minimum atomic E-state index is -0.587. The molecule has 0 bridgehead atoms. The fourth-order valence-corrected chi connectivity index (χ4v) is 6.59. The van der Waals surface area contributed by atoms with Crippen molar-refractivity contribution in [2.45, 2.75) is 45.2 Å². The second kappa shape index (κ2) is 9.25. The molecule has 12 heteroatoms. The Bertz CT molecular complexity index is 1650. The van der Waals surface area contributed by atoms with Crippen molar-refractivity contribution in [3.8, 4) is 17.3 Å². The highest BCUT2D eigenvalue weighted by Gasteiger charge is 2.37. The number of halogens is 2. The molecule has 2 atom stereocenters. The summed E-state index contributed by atoms with van der Waals surface area (Å²) in [5.74, 6) is -0.236. The molecule has 5 heterocycles. The molecular weight excluding hydrogens is 529 g/mol. The van der Waals surface area contributed by atoms with Crippen LogP contribution in [0.25, 0.3) is 32.2 Å². The van der Waals surface area contributed by atoms with Gasteiger partial charge in [0.05, 0.1) is 46.3 Å². The molecule has 0 spiro atoms. The number of hydrogen-bond acceptors (Lipinski definition) is 10. The minimum absolute atomic E-state index is 0.0943. The van der Waals surface area contributed by atoms with Crippen LogP contribution in [0.15, 0.2) is 12.4 Å². The first-order chi connectivity index (χ1) is 18.2. The Morgan fingerprint density at radius 3 is 2.79 bits per heavy atom. The van der Waals surface area contributed by atoms with E-state index < -0.39 is 11.9 Å². The van der Waals surface area contributed by atoms with Crippen LogP contribution in [0.5, 0.6) is 0 Å². The maximum atomic E-state index is 16.5. The van der Waals surface area contributed by atoms with Crippen molar-refractivity contribution in [2.24, 2.45) is 0 Å². The molecule has 1 aromatic carbocycles. The van der Waals surface area contributed by atoms with E-state index in [9.17, 15) is 10.4 Å². The molecule has 0 aliphatic carbocycles. The second-order valence-corrected chi connectivity index (χ2v) is 11.4. The van der Waals surface area contributed by atoms with Gasteiger partial charge in [-0.1, -0.05) is 11.6 Å². The number of nitrogen functional groups attached to an aromatic ring is 1. The Morgan fingerprint density at radius 1 is 1.29 bits per heavy atom. The van der Waals surface area contributed by atoms with Gasteiger partial charge in [-0.05, 0) is 32.0 Å². The number of rotatable bonds is 4. The number of aliphatic hydroxyl groups excluding tert-OH is 1. The Balaban J connectivity index is 1.54. The molecule has 0 unspecified atom stereocenters. The van der Waals surface area contributed by atoms with Gasteiger partial charge in [0.2, 0.25) is 5.95 Å². The highest BCUT2D eigenvalue weighted by molar-refractivity contribution is 7.23. The summed E-state index contributed by atoms with van der Waals surface area (Å²) < 4.78 is 22.8. The lowest BCUT2D eigenvalue weighted by Gasteiger charge is -2.29. The lowest BCUT2D eigenvalue weighted by Crippen LogP contribution is -2.44. The normalized spacial score (nSPS) is 19.3. The number of thiophene rings is 1. The first kappa shape index (κ1) is 25.2. The van der Waals surface area contributed by atoms with Gasteiger partial charge < -0.3 is 20.5 Å². The van der Waals surface area contributed by atoms with Crippen LogP contribution < -0.4 is 10.6 Å². The minimum Gasteiger partial charge on any atom is -0.390 e. The fraction of sp³-hybridized carbons (Fsp3) is 0.385. The largest absolute Gasteiger partial charge is 0.390 e. The van der Waals surface area contributed by atoms with Crippen molar-refractivity contribution in [3.63, 3.8) is 0 Å². The summed E-state index contributed by atoms with van der Waals surface area (Å²) in [5.41, 5.74) is 8.41. The molecule has 196 valence electrons. The summed E-state index contributed by atoms with van der Waals surface area (Å²) in [6.07, 6.45) is 2.48. The van der Waals surface area contributed by atoms with Crippen LogP contribution in [0.3, 0.4) is 0 Å². The lowest BCUT2D eigenvalue weighted by atomic mass is 9.94. The molecule has 6 rings (SSSR count). The maximum Gasteiger partial charge on any atom is 0.226 e. The first-order valence-corrected chi connectivity index (χ1v) is 13.4. The zero-order valence-corrected chi connectivity index (χ0v) is 22.6. The summed E-state index contributed by atoms with van der Waals surface area (Å²) in [6, 6.07) is 2.28. The smallest absolute Gasteiger partial charge is 0.226 e. The van der Waals surface area contributed by atoms with Crippen molar-refractivity contribution in [3.05, 3.63) is 39.9 Å². The predicted octanol–water partition coefficient (Wildman–Crippen LogP) is 4.07. The van der Waals surface area contributed by atoms with Crippen LogP contribution in [0, 0.1) is 17.1 Å². The van der Waals surface area contributed by atoms with Crippen LogP contribution in [0.1, 0.15) is 30.5 Å². The van der Waals surface area contributed by atoms with E-state index in [4.69, 9.17) is 22.1 Å². The number of aliphatic hydroxyl groups is 1. The zero-order valence-electron chi connectivity index (χ0n) is 21.0. The number of nitrogens with two attached hydrogens (primary N) is 1. The number of nitriles is 1. The van der Waals surface area contributed by atoms with Gasteiger partial charge in [0.25, 0.3) is 0 Å². The van der Waals surface area contributed by atoms with Crippen LogP contribution in [0.2, 0.25) is 5.02 Å². The summed E-state index contributed by atoms with van der Waals surface area (Å²) >= 11 is 7.56. The maximum absolute atomic E-state index is 16.5. The molecule has 38 heavy (non-hydrogen) atoms. The van der Waals surface area contributed by atoms with E-state index in [1.165, 1.54) is 17.5 Å². The Labute approximate surface area is 227 Å². The van der Waals surface area contributed by atoms with E-state index in [1.54, 1.807) is 6.20 Å². The SMILES string of the molecule is CC(C)N(C)[C@H]1CN(c2ncc3c4c(c(-c5ncc(Cl)c6sc(N)c(C#N)c56)c(F)c3n2)COC4)C[C@@H]1O. The number of ether oxygens (including phenoxy) is 1. The topological polar surface area (TPSA) is 124 Å². The van der Waals surface area contributed by atoms with Crippen LogP contribution in [-0.4, -0.2) is 63.3 Å². The van der Waals surface area contributed by atoms with Crippen molar-refractivity contribution in [2.75, 3.05) is 30.8 Å². The highest BCUT2D eigenvalue weighted by Crippen LogP contribution is 2.46. The quantitative estimate of drug-likeness (QED) is 0.384. The van der Waals surface area contributed by atoms with Gasteiger partial charge in [0.15, 0.2) is 5.82 Å². The molecule has 4 aromatic rings. The average Bonchev–Trinajstić information content (AvgIpc) is 3.61. The zero-order chi connectivity index (χ0) is 26.9. The van der Waals surface area contributed by atoms with Crippen molar-refractivity contribution >= 4 is 54.9 Å². The fourth-order valence-electron chi connectivity index (χ4n) is 5.41. The van der Waals surface area contributed by atoms with Gasteiger partial charge in [-0.3, -0.25) is 9.88 Å². The third-order valence-electron chi connectivity index (χ3n) is 7.61. The molecule has 1 fully saturated rings. The van der Waals surface area contributed by atoms with Crippen LogP contribution in [0.4, 0.5) is 15.3 Å². The summed E-state index contributed by atoms with van der Waals surface area (Å²) in [4.78, 5) is 17.7. The number of nitrogens with zero attached hydrogens (tertiary/aromatic N) is 6. The number of likely N-dealkylation sites (N-methyl/N-ethyl adjacent to an activating group) is 1. The standard InChI is InChI=1S/C26H25ClFN7O2S/c1-11(2)34(3)17-7-35(8-18(17)36)26-32-5-13-14-9-37-10-15(14)19(21(28)22(13)33-26)23-20-12(4-29)25(30)38-24(20)16(27)6-31-23/h5-6,11,17-18,36H,7-10,30H2,1-3H3/t17-,18-/m0/s1. The lowest BCUT2D eigenvalue weighted by molar-refractivity contribution is 0.0823. The highest BCUT2D eigenvalue weighted by atomic mass is 35.5. The Kier molecular flexibility index (Phi) is 6.13. The van der Waals surface area contributed by atoms with E-state index in [0.717, 1.165) is 5.56 Å². The Hall–Kier alpha value is -3.14. The molecule has 2 aliphatic heterocycles. The van der Waals surface area contributed by atoms with Crippen molar-refractivity contribution in [1.29, 1.82) is 5.26 Å². The van der Waals surface area contributed by atoms with Crippen molar-refractivity contribution < 1.29 is 14.2 Å². The van der Waals surface area contributed by atoms with Gasteiger partial charge in [-0.15, -0.1) is 11.3 Å².